The SMILES string of the molecule is Cc1cc(C(C)(C)C)ccc1N1c2cc3c(cc2Bc2c(-c4c(Nc5cccc6c5oc5ccccc56)ccc5ccccc45)cc4ccccc4c21)Oc1ccccc1O3. The van der Waals surface area contributed by atoms with Crippen LogP contribution in [0.15, 0.2) is 168 Å². The number of rotatable bonds is 4. The molecule has 0 unspecified atom stereocenters. The first-order valence-corrected chi connectivity index (χ1v) is 21.0. The van der Waals surface area contributed by atoms with Crippen molar-refractivity contribution >= 4 is 90.1 Å². The van der Waals surface area contributed by atoms with E-state index in [0.29, 0.717) is 24.5 Å². The second-order valence-electron chi connectivity index (χ2n) is 17.4. The van der Waals surface area contributed by atoms with E-state index in [2.05, 4.69) is 165 Å². The predicted molar refractivity (Wildman–Crippen MR) is 255 cm³/mol. The molecule has 6 heteroatoms. The van der Waals surface area contributed by atoms with Gasteiger partial charge in [0.15, 0.2) is 35.9 Å². The minimum Gasteiger partial charge on any atom is -0.454 e. The second-order valence-corrected chi connectivity index (χ2v) is 17.4. The van der Waals surface area contributed by atoms with Crippen LogP contribution in [0.3, 0.4) is 0 Å². The van der Waals surface area contributed by atoms with E-state index in [9.17, 15) is 0 Å². The third-order valence-corrected chi connectivity index (χ3v) is 12.6. The standard InChI is InChI=1S/C55H41BN2O3/c1-32-28-35(55(2,3)4)25-27-44(32)58-45-31-50-49(59-47-22-11-12-23-48(47)60-50)30-41(45)56-52-40(29-34-15-6-8-17-37(34)53(52)58)51-36-16-7-5-14-33(36)24-26-42(51)57-43-20-13-19-39-38-18-9-10-21-46(38)61-54(39)43/h5-31,56-57H,1-4H3. The number of para-hydroxylation sites is 4. The van der Waals surface area contributed by atoms with Gasteiger partial charge in [-0.05, 0) is 99.2 Å². The van der Waals surface area contributed by atoms with Gasteiger partial charge in [0.1, 0.15) is 5.58 Å². The number of nitrogens with zero attached hydrogens (tertiary/aromatic N) is 1. The summed E-state index contributed by atoms with van der Waals surface area (Å²) in [6.45, 7) is 9.07. The van der Waals surface area contributed by atoms with Crippen molar-refractivity contribution in [2.75, 3.05) is 10.2 Å². The average molecular weight is 789 g/mol. The van der Waals surface area contributed by atoms with Crippen molar-refractivity contribution in [1.29, 1.82) is 0 Å². The molecule has 9 aromatic carbocycles. The summed E-state index contributed by atoms with van der Waals surface area (Å²) in [5.41, 5.74) is 14.2. The van der Waals surface area contributed by atoms with Gasteiger partial charge in [0.25, 0.3) is 0 Å². The van der Waals surface area contributed by atoms with Gasteiger partial charge in [0.2, 0.25) is 0 Å². The van der Waals surface area contributed by atoms with Gasteiger partial charge < -0.3 is 24.1 Å². The largest absolute Gasteiger partial charge is 0.454 e. The summed E-state index contributed by atoms with van der Waals surface area (Å²) in [5, 5.41) is 10.8. The molecule has 0 aliphatic carbocycles. The lowest BCUT2D eigenvalue weighted by Gasteiger charge is -2.38. The van der Waals surface area contributed by atoms with Crippen LogP contribution in [0.2, 0.25) is 0 Å². The molecule has 12 rings (SSSR count). The van der Waals surface area contributed by atoms with Crippen molar-refractivity contribution in [2.24, 2.45) is 0 Å². The highest BCUT2D eigenvalue weighted by atomic mass is 16.6. The summed E-state index contributed by atoms with van der Waals surface area (Å²) in [7, 11) is 0.681. The lowest BCUT2D eigenvalue weighted by atomic mass is 9.57. The van der Waals surface area contributed by atoms with Crippen LogP contribution in [0.1, 0.15) is 31.9 Å². The van der Waals surface area contributed by atoms with Gasteiger partial charge in [-0.25, -0.2) is 0 Å². The van der Waals surface area contributed by atoms with Gasteiger partial charge in [-0.3, -0.25) is 0 Å². The minimum atomic E-state index is 0.00296. The van der Waals surface area contributed by atoms with Crippen molar-refractivity contribution in [1.82, 2.24) is 0 Å². The first-order chi connectivity index (χ1) is 29.8. The van der Waals surface area contributed by atoms with Crippen molar-refractivity contribution in [3.05, 3.63) is 175 Å². The van der Waals surface area contributed by atoms with Crippen LogP contribution in [0.5, 0.6) is 23.0 Å². The van der Waals surface area contributed by atoms with Gasteiger partial charge in [0.05, 0.1) is 5.69 Å². The molecule has 61 heavy (non-hydrogen) atoms. The molecule has 0 fully saturated rings. The number of benzene rings is 9. The number of fused-ring (bicyclic) bond motifs is 10. The molecule has 1 aromatic heterocycles. The fourth-order valence-corrected chi connectivity index (χ4v) is 9.58. The zero-order valence-electron chi connectivity index (χ0n) is 34.5. The molecule has 2 aliphatic heterocycles. The second kappa shape index (κ2) is 13.3. The molecule has 1 N–H and O–H groups in total. The summed E-state index contributed by atoms with van der Waals surface area (Å²) in [6.07, 6.45) is 0. The molecule has 5 nitrogen and oxygen atoms in total. The molecular formula is C55H41BN2O3. The summed E-state index contributed by atoms with van der Waals surface area (Å²) in [6, 6.07) is 58.2. The Hall–Kier alpha value is -7.44. The molecule has 0 bridgehead atoms. The van der Waals surface area contributed by atoms with Gasteiger partial charge in [0, 0.05) is 50.5 Å². The van der Waals surface area contributed by atoms with Crippen LogP contribution in [0.25, 0.3) is 54.6 Å². The summed E-state index contributed by atoms with van der Waals surface area (Å²) in [5.74, 6) is 2.85. The van der Waals surface area contributed by atoms with Crippen molar-refractivity contribution in [3.8, 4) is 34.1 Å². The van der Waals surface area contributed by atoms with E-state index in [1.165, 1.54) is 49.4 Å². The zero-order valence-corrected chi connectivity index (χ0v) is 34.5. The Labute approximate surface area is 355 Å². The van der Waals surface area contributed by atoms with E-state index in [1.807, 2.05) is 36.4 Å². The number of hydrogen-bond donors (Lipinski definition) is 1. The van der Waals surface area contributed by atoms with Crippen LogP contribution < -0.4 is 30.6 Å². The minimum absolute atomic E-state index is 0.00296. The van der Waals surface area contributed by atoms with E-state index in [4.69, 9.17) is 13.9 Å². The fourth-order valence-electron chi connectivity index (χ4n) is 9.58. The number of hydrogen-bond acceptors (Lipinski definition) is 5. The molecule has 2 aliphatic rings. The first kappa shape index (κ1) is 35.5. The van der Waals surface area contributed by atoms with Gasteiger partial charge in [-0.2, -0.15) is 0 Å². The molecule has 0 radical (unpaired) electrons. The maximum Gasteiger partial charge on any atom is 0.198 e. The smallest absolute Gasteiger partial charge is 0.198 e. The van der Waals surface area contributed by atoms with E-state index >= 15 is 0 Å². The quantitative estimate of drug-likeness (QED) is 0.180. The number of aryl methyl sites for hydroxylation is 1. The summed E-state index contributed by atoms with van der Waals surface area (Å²) < 4.78 is 19.7. The molecule has 292 valence electrons. The van der Waals surface area contributed by atoms with Crippen LogP contribution in [-0.2, 0) is 5.41 Å². The van der Waals surface area contributed by atoms with Gasteiger partial charge in [-0.1, -0.05) is 135 Å². The molecule has 10 aromatic rings. The van der Waals surface area contributed by atoms with Crippen LogP contribution >= 0.6 is 0 Å². The highest BCUT2D eigenvalue weighted by Gasteiger charge is 2.34. The van der Waals surface area contributed by atoms with Crippen LogP contribution in [0, 0.1) is 6.92 Å². The number of ether oxygens (including phenoxy) is 2. The Kier molecular flexibility index (Phi) is 7.73. The molecule has 0 amide bonds. The Morgan fingerprint density at radius 2 is 1.23 bits per heavy atom. The van der Waals surface area contributed by atoms with E-state index in [1.54, 1.807) is 0 Å². The molecule has 0 spiro atoms. The Morgan fingerprint density at radius 3 is 2.02 bits per heavy atom. The third-order valence-electron chi connectivity index (χ3n) is 12.6. The molecule has 3 heterocycles. The van der Waals surface area contributed by atoms with Crippen molar-refractivity contribution < 1.29 is 13.9 Å². The Balaban J connectivity index is 1.13. The van der Waals surface area contributed by atoms with E-state index < -0.39 is 0 Å². The van der Waals surface area contributed by atoms with E-state index in [-0.39, 0.29) is 5.41 Å². The molecule has 0 saturated heterocycles. The Morgan fingerprint density at radius 1 is 0.541 bits per heavy atom. The van der Waals surface area contributed by atoms with Gasteiger partial charge in [-0.15, -0.1) is 0 Å². The number of furan rings is 1. The maximum absolute atomic E-state index is 6.59. The highest BCUT2D eigenvalue weighted by Crippen LogP contribution is 2.51. The third kappa shape index (κ3) is 5.63. The highest BCUT2D eigenvalue weighted by molar-refractivity contribution is 6.74. The molecule has 0 atom stereocenters. The van der Waals surface area contributed by atoms with Crippen LogP contribution in [-0.4, -0.2) is 7.28 Å². The molecular weight excluding hydrogens is 747 g/mol. The first-order valence-electron chi connectivity index (χ1n) is 21.0. The predicted octanol–water partition coefficient (Wildman–Crippen LogP) is 14.0. The zero-order chi connectivity index (χ0) is 41.0. The van der Waals surface area contributed by atoms with Gasteiger partial charge >= 0.3 is 0 Å². The fraction of sp³-hybridized carbons (Fsp3) is 0.0909. The topological polar surface area (TPSA) is 46.9 Å². The summed E-state index contributed by atoms with van der Waals surface area (Å²) >= 11 is 0. The number of anilines is 5. The van der Waals surface area contributed by atoms with Crippen LogP contribution in [0.4, 0.5) is 28.4 Å². The summed E-state index contributed by atoms with van der Waals surface area (Å²) in [4.78, 5) is 2.49. The van der Waals surface area contributed by atoms with Crippen molar-refractivity contribution in [2.45, 2.75) is 33.1 Å². The average Bonchev–Trinajstić information content (AvgIpc) is 3.66. The lowest BCUT2D eigenvalue weighted by molar-refractivity contribution is 0.360. The normalized spacial score (nSPS) is 13.0. The van der Waals surface area contributed by atoms with E-state index in [0.717, 1.165) is 61.5 Å². The maximum atomic E-state index is 6.59. The lowest BCUT2D eigenvalue weighted by Crippen LogP contribution is -2.41. The van der Waals surface area contributed by atoms with Crippen molar-refractivity contribution in [3.63, 3.8) is 0 Å². The number of nitrogens with one attached hydrogen (secondary N) is 1. The molecule has 0 saturated carbocycles. The Bertz CT molecular complexity index is 3450. The monoisotopic (exact) mass is 788 g/mol.